The normalized spacial score (nSPS) is 11.3. The quantitative estimate of drug-likeness (QED) is 0.832. The molecule has 0 saturated carbocycles. The summed E-state index contributed by atoms with van der Waals surface area (Å²) < 4.78 is 5.23. The van der Waals surface area contributed by atoms with Crippen LogP contribution in [0.3, 0.4) is 0 Å². The summed E-state index contributed by atoms with van der Waals surface area (Å²) >= 11 is 1.43. The van der Waals surface area contributed by atoms with Crippen LogP contribution in [-0.2, 0) is 4.79 Å². The number of carbonyl (C=O) groups is 1. The molecule has 1 amide bonds. The second-order valence-electron chi connectivity index (χ2n) is 4.47. The number of nitrogens with one attached hydrogen (secondary N) is 1. The monoisotopic (exact) mass is 312 g/mol. The van der Waals surface area contributed by atoms with Crippen molar-refractivity contribution in [1.82, 2.24) is 5.32 Å². The number of ether oxygens (including phenoxy) is 1. The Morgan fingerprint density at radius 2 is 1.91 bits per heavy atom. The van der Waals surface area contributed by atoms with Crippen LogP contribution in [-0.4, -0.2) is 18.8 Å². The highest BCUT2D eigenvalue weighted by Crippen LogP contribution is 2.24. The van der Waals surface area contributed by atoms with Gasteiger partial charge in [0.2, 0.25) is 5.91 Å². The summed E-state index contributed by atoms with van der Waals surface area (Å²) in [5, 5.41) is 12.0. The van der Waals surface area contributed by atoms with Crippen LogP contribution in [0.25, 0.3) is 0 Å². The van der Waals surface area contributed by atoms with Crippen molar-refractivity contribution in [3.05, 3.63) is 60.2 Å². The van der Waals surface area contributed by atoms with Crippen LogP contribution in [0.5, 0.6) is 5.75 Å². The Morgan fingerprint density at radius 1 is 1.23 bits per heavy atom. The van der Waals surface area contributed by atoms with Crippen LogP contribution in [0.4, 0.5) is 0 Å². The predicted octanol–water partition coefficient (Wildman–Crippen LogP) is 3.17. The fraction of sp³-hybridized carbons (Fsp3) is 0.176. The van der Waals surface area contributed by atoms with Crippen molar-refractivity contribution in [2.75, 3.05) is 12.9 Å². The molecule has 22 heavy (non-hydrogen) atoms. The Labute approximate surface area is 134 Å². The maximum absolute atomic E-state index is 12.0. The van der Waals surface area contributed by atoms with Crippen LogP contribution in [0.2, 0.25) is 0 Å². The van der Waals surface area contributed by atoms with Gasteiger partial charge in [-0.15, -0.1) is 11.8 Å². The van der Waals surface area contributed by atoms with E-state index in [2.05, 4.69) is 11.4 Å². The number of hydrogen-bond acceptors (Lipinski definition) is 4. The van der Waals surface area contributed by atoms with Gasteiger partial charge in [0.15, 0.2) is 0 Å². The van der Waals surface area contributed by atoms with Gasteiger partial charge in [-0.2, -0.15) is 5.26 Å². The van der Waals surface area contributed by atoms with E-state index in [1.807, 2.05) is 42.5 Å². The first-order chi connectivity index (χ1) is 10.7. The Morgan fingerprint density at radius 3 is 2.59 bits per heavy atom. The molecule has 0 aromatic heterocycles. The number of nitriles is 1. The van der Waals surface area contributed by atoms with E-state index in [0.29, 0.717) is 11.3 Å². The first-order valence-electron chi connectivity index (χ1n) is 6.74. The van der Waals surface area contributed by atoms with Crippen molar-refractivity contribution in [2.45, 2.75) is 10.9 Å². The molecule has 5 heteroatoms. The molecule has 2 rings (SSSR count). The van der Waals surface area contributed by atoms with Gasteiger partial charge in [-0.3, -0.25) is 4.79 Å². The summed E-state index contributed by atoms with van der Waals surface area (Å²) in [6.07, 6.45) is 0. The molecule has 1 atom stereocenters. The molecule has 2 aromatic rings. The number of amides is 1. The molecule has 0 unspecified atom stereocenters. The van der Waals surface area contributed by atoms with Gasteiger partial charge in [0.1, 0.15) is 11.8 Å². The molecule has 0 bridgehead atoms. The molecule has 0 spiro atoms. The van der Waals surface area contributed by atoms with Gasteiger partial charge in [0, 0.05) is 10.5 Å². The van der Waals surface area contributed by atoms with Crippen LogP contribution >= 0.6 is 11.8 Å². The Kier molecular flexibility index (Phi) is 5.87. The molecular formula is C17H16N2O2S. The SMILES string of the molecule is COc1ccccc1[C@H](C#N)NC(=O)CSc1ccccc1. The molecular weight excluding hydrogens is 296 g/mol. The van der Waals surface area contributed by atoms with Crippen molar-refractivity contribution >= 4 is 17.7 Å². The van der Waals surface area contributed by atoms with Crippen LogP contribution in [0.1, 0.15) is 11.6 Å². The van der Waals surface area contributed by atoms with Crippen LogP contribution in [0, 0.1) is 11.3 Å². The average molecular weight is 312 g/mol. The maximum atomic E-state index is 12.0. The van der Waals surface area contributed by atoms with Crippen molar-refractivity contribution in [1.29, 1.82) is 5.26 Å². The second kappa shape index (κ2) is 8.11. The number of thioether (sulfide) groups is 1. The Bertz CT molecular complexity index is 668. The molecule has 1 N–H and O–H groups in total. The van der Waals surface area contributed by atoms with Crippen molar-refractivity contribution in [3.63, 3.8) is 0 Å². The van der Waals surface area contributed by atoms with Gasteiger partial charge in [0.25, 0.3) is 0 Å². The van der Waals surface area contributed by atoms with Gasteiger partial charge < -0.3 is 10.1 Å². The first-order valence-corrected chi connectivity index (χ1v) is 7.73. The third-order valence-corrected chi connectivity index (χ3v) is 4.01. The lowest BCUT2D eigenvalue weighted by atomic mass is 10.1. The smallest absolute Gasteiger partial charge is 0.231 e. The lowest BCUT2D eigenvalue weighted by molar-refractivity contribution is -0.118. The van der Waals surface area contributed by atoms with Gasteiger partial charge in [-0.05, 0) is 18.2 Å². The molecule has 0 fully saturated rings. The van der Waals surface area contributed by atoms with Crippen LogP contribution in [0.15, 0.2) is 59.5 Å². The summed E-state index contributed by atoms with van der Waals surface area (Å²) in [5.41, 5.74) is 0.658. The summed E-state index contributed by atoms with van der Waals surface area (Å²) in [7, 11) is 1.54. The highest BCUT2D eigenvalue weighted by atomic mass is 32.2. The highest BCUT2D eigenvalue weighted by Gasteiger charge is 2.17. The molecule has 112 valence electrons. The number of methoxy groups -OCH3 is 1. The predicted molar refractivity (Wildman–Crippen MR) is 86.7 cm³/mol. The lowest BCUT2D eigenvalue weighted by Crippen LogP contribution is -2.29. The minimum Gasteiger partial charge on any atom is -0.496 e. The molecule has 0 aliphatic rings. The van der Waals surface area contributed by atoms with Gasteiger partial charge in [-0.1, -0.05) is 36.4 Å². The van der Waals surface area contributed by atoms with E-state index >= 15 is 0 Å². The van der Waals surface area contributed by atoms with Gasteiger partial charge >= 0.3 is 0 Å². The zero-order chi connectivity index (χ0) is 15.8. The highest BCUT2D eigenvalue weighted by molar-refractivity contribution is 8.00. The number of benzene rings is 2. The van der Waals surface area contributed by atoms with Crippen molar-refractivity contribution in [2.24, 2.45) is 0 Å². The fourth-order valence-electron chi connectivity index (χ4n) is 1.95. The Balaban J connectivity index is 1.98. The van der Waals surface area contributed by atoms with Crippen molar-refractivity contribution < 1.29 is 9.53 Å². The topological polar surface area (TPSA) is 62.1 Å². The molecule has 0 heterocycles. The zero-order valence-electron chi connectivity index (χ0n) is 12.2. The summed E-state index contributed by atoms with van der Waals surface area (Å²) in [6.45, 7) is 0. The summed E-state index contributed by atoms with van der Waals surface area (Å²) in [6, 6.07) is 18.2. The molecule has 0 saturated heterocycles. The van der Waals surface area contributed by atoms with E-state index in [9.17, 15) is 10.1 Å². The fourth-order valence-corrected chi connectivity index (χ4v) is 2.68. The largest absolute Gasteiger partial charge is 0.496 e. The molecule has 0 aliphatic carbocycles. The van der Waals surface area contributed by atoms with Crippen LogP contribution < -0.4 is 10.1 Å². The number of rotatable bonds is 6. The lowest BCUT2D eigenvalue weighted by Gasteiger charge is -2.15. The third kappa shape index (κ3) is 4.27. The van der Waals surface area contributed by atoms with E-state index in [0.717, 1.165) is 4.90 Å². The molecule has 0 radical (unpaired) electrons. The van der Waals surface area contributed by atoms with E-state index in [1.54, 1.807) is 19.2 Å². The molecule has 2 aromatic carbocycles. The van der Waals surface area contributed by atoms with E-state index in [1.165, 1.54) is 11.8 Å². The van der Waals surface area contributed by atoms with Crippen molar-refractivity contribution in [3.8, 4) is 11.8 Å². The maximum Gasteiger partial charge on any atom is 0.231 e. The number of hydrogen-bond donors (Lipinski definition) is 1. The summed E-state index contributed by atoms with van der Waals surface area (Å²) in [4.78, 5) is 13.1. The number of carbonyl (C=O) groups excluding carboxylic acids is 1. The average Bonchev–Trinajstić information content (AvgIpc) is 2.58. The molecule has 0 aliphatic heterocycles. The van der Waals surface area contributed by atoms with E-state index in [4.69, 9.17) is 4.74 Å². The van der Waals surface area contributed by atoms with Gasteiger partial charge in [0.05, 0.1) is 18.9 Å². The minimum atomic E-state index is -0.722. The first kappa shape index (κ1) is 15.9. The third-order valence-electron chi connectivity index (χ3n) is 3.00. The molecule has 4 nitrogen and oxygen atoms in total. The standard InChI is InChI=1S/C17H16N2O2S/c1-21-16-10-6-5-9-14(16)15(11-18)19-17(20)12-22-13-7-3-2-4-8-13/h2-10,15H,12H2,1H3,(H,19,20)/t15-/m0/s1. The number of para-hydroxylation sites is 1. The minimum absolute atomic E-state index is 0.189. The summed E-state index contributed by atoms with van der Waals surface area (Å²) in [5.74, 6) is 0.661. The van der Waals surface area contributed by atoms with E-state index in [-0.39, 0.29) is 11.7 Å². The number of nitrogens with zero attached hydrogens (tertiary/aromatic N) is 1. The Hall–Kier alpha value is -2.45. The van der Waals surface area contributed by atoms with Gasteiger partial charge in [-0.25, -0.2) is 0 Å². The zero-order valence-corrected chi connectivity index (χ0v) is 13.0. The second-order valence-corrected chi connectivity index (χ2v) is 5.52. The van der Waals surface area contributed by atoms with E-state index < -0.39 is 6.04 Å².